The Kier molecular flexibility index (Phi) is 5.78. The molecule has 1 heterocycles. The summed E-state index contributed by atoms with van der Waals surface area (Å²) in [6.07, 6.45) is -2.96. The highest BCUT2D eigenvalue weighted by atomic mass is 19.4. The predicted molar refractivity (Wildman–Crippen MR) is 85.9 cm³/mol. The first kappa shape index (κ1) is 17.8. The van der Waals surface area contributed by atoms with Gasteiger partial charge in [-0.3, -0.25) is 4.79 Å². The van der Waals surface area contributed by atoms with Crippen molar-refractivity contribution in [2.75, 3.05) is 18.4 Å². The molecule has 0 aliphatic carbocycles. The molecule has 0 atom stereocenters. The lowest BCUT2D eigenvalue weighted by molar-refractivity contribution is -0.137. The number of benzene rings is 1. The Labute approximate surface area is 138 Å². The molecule has 2 aromatic rings. The second-order valence-electron chi connectivity index (χ2n) is 5.28. The monoisotopic (exact) mass is 337 g/mol. The maximum absolute atomic E-state index is 12.4. The van der Waals surface area contributed by atoms with Gasteiger partial charge in [-0.05, 0) is 37.1 Å². The van der Waals surface area contributed by atoms with Gasteiger partial charge in [-0.25, -0.2) is 4.98 Å². The van der Waals surface area contributed by atoms with E-state index in [1.54, 1.807) is 12.1 Å². The van der Waals surface area contributed by atoms with E-state index < -0.39 is 11.7 Å². The molecule has 2 rings (SSSR count). The van der Waals surface area contributed by atoms with E-state index in [9.17, 15) is 18.0 Å². The van der Waals surface area contributed by atoms with Crippen LogP contribution in [-0.2, 0) is 6.18 Å². The fourth-order valence-electron chi connectivity index (χ4n) is 2.10. The molecule has 0 unspecified atom stereocenters. The molecule has 0 fully saturated rings. The van der Waals surface area contributed by atoms with Crippen LogP contribution in [0.2, 0.25) is 0 Å². The maximum atomic E-state index is 12.4. The van der Waals surface area contributed by atoms with Gasteiger partial charge in [0.25, 0.3) is 5.91 Å². The molecule has 0 aliphatic rings. The zero-order valence-corrected chi connectivity index (χ0v) is 13.2. The van der Waals surface area contributed by atoms with E-state index in [2.05, 4.69) is 15.6 Å². The van der Waals surface area contributed by atoms with E-state index in [4.69, 9.17) is 0 Å². The van der Waals surface area contributed by atoms with Gasteiger partial charge in [-0.15, -0.1) is 0 Å². The first-order chi connectivity index (χ1) is 11.4. The van der Waals surface area contributed by atoms with Gasteiger partial charge in [0.2, 0.25) is 0 Å². The molecule has 4 nitrogen and oxygen atoms in total. The molecule has 1 amide bonds. The molecule has 0 aliphatic heterocycles. The highest BCUT2D eigenvalue weighted by molar-refractivity contribution is 5.95. The molecule has 0 spiro atoms. The average Bonchev–Trinajstić information content (AvgIpc) is 2.54. The van der Waals surface area contributed by atoms with Crippen molar-refractivity contribution >= 4 is 11.7 Å². The zero-order valence-electron chi connectivity index (χ0n) is 13.2. The quantitative estimate of drug-likeness (QED) is 0.791. The topological polar surface area (TPSA) is 54.0 Å². The van der Waals surface area contributed by atoms with Crippen molar-refractivity contribution in [2.24, 2.45) is 0 Å². The third-order valence-corrected chi connectivity index (χ3v) is 3.43. The van der Waals surface area contributed by atoms with Crippen molar-refractivity contribution in [1.29, 1.82) is 0 Å². The number of carbonyl (C=O) groups excluding carboxylic acids is 1. The first-order valence-electron chi connectivity index (χ1n) is 7.49. The van der Waals surface area contributed by atoms with Crippen molar-refractivity contribution in [3.8, 4) is 0 Å². The van der Waals surface area contributed by atoms with Crippen molar-refractivity contribution in [2.45, 2.75) is 19.5 Å². The molecule has 0 saturated heterocycles. The fourth-order valence-corrected chi connectivity index (χ4v) is 2.10. The third kappa shape index (κ3) is 4.97. The molecular weight excluding hydrogens is 319 g/mol. The number of halogens is 3. The van der Waals surface area contributed by atoms with Crippen molar-refractivity contribution in [3.63, 3.8) is 0 Å². The molecule has 0 saturated carbocycles. The minimum atomic E-state index is -4.38. The van der Waals surface area contributed by atoms with Gasteiger partial charge in [0.05, 0.1) is 5.56 Å². The summed E-state index contributed by atoms with van der Waals surface area (Å²) in [5.74, 6) is 0.231. The second-order valence-corrected chi connectivity index (χ2v) is 5.28. The summed E-state index contributed by atoms with van der Waals surface area (Å²) in [5.41, 5.74) is 0.760. The summed E-state index contributed by atoms with van der Waals surface area (Å²) in [5, 5.41) is 5.73. The van der Waals surface area contributed by atoms with Crippen LogP contribution in [0.25, 0.3) is 0 Å². The van der Waals surface area contributed by atoms with Gasteiger partial charge in [0.15, 0.2) is 0 Å². The number of nitrogens with one attached hydrogen (secondary N) is 2. The van der Waals surface area contributed by atoms with Gasteiger partial charge >= 0.3 is 6.18 Å². The number of anilines is 1. The standard InChI is InChI=1S/C17H18F3N3O/c1-12-5-2-3-6-14(12)16(24)22-10-4-9-21-15-8-7-13(11-23-15)17(18,19)20/h2-3,5-8,11H,4,9-10H2,1H3,(H,21,23)(H,22,24). The normalized spacial score (nSPS) is 11.2. The largest absolute Gasteiger partial charge is 0.417 e. The Bertz CT molecular complexity index is 684. The summed E-state index contributed by atoms with van der Waals surface area (Å²) < 4.78 is 37.2. The van der Waals surface area contributed by atoms with Crippen LogP contribution in [0.3, 0.4) is 0 Å². The smallest absolute Gasteiger partial charge is 0.370 e. The average molecular weight is 337 g/mol. The van der Waals surface area contributed by atoms with Gasteiger partial charge in [-0.1, -0.05) is 18.2 Å². The summed E-state index contributed by atoms with van der Waals surface area (Å²) in [6, 6.07) is 9.57. The first-order valence-corrected chi connectivity index (χ1v) is 7.49. The third-order valence-electron chi connectivity index (χ3n) is 3.43. The van der Waals surface area contributed by atoms with Crippen LogP contribution < -0.4 is 10.6 Å². The molecule has 1 aromatic heterocycles. The highest BCUT2D eigenvalue weighted by Crippen LogP contribution is 2.28. The molecule has 24 heavy (non-hydrogen) atoms. The zero-order chi connectivity index (χ0) is 17.6. The number of hydrogen-bond donors (Lipinski definition) is 2. The number of alkyl halides is 3. The number of nitrogens with zero attached hydrogens (tertiary/aromatic N) is 1. The van der Waals surface area contributed by atoms with Crippen LogP contribution in [0.5, 0.6) is 0 Å². The minimum Gasteiger partial charge on any atom is -0.370 e. The minimum absolute atomic E-state index is 0.138. The Morgan fingerprint density at radius 2 is 1.88 bits per heavy atom. The SMILES string of the molecule is Cc1ccccc1C(=O)NCCCNc1ccc(C(F)(F)F)cn1. The number of aromatic nitrogens is 1. The van der Waals surface area contributed by atoms with E-state index >= 15 is 0 Å². The van der Waals surface area contributed by atoms with E-state index in [0.717, 1.165) is 17.8 Å². The van der Waals surface area contributed by atoms with Crippen LogP contribution in [-0.4, -0.2) is 24.0 Å². The van der Waals surface area contributed by atoms with Gasteiger partial charge in [0, 0.05) is 24.8 Å². The van der Waals surface area contributed by atoms with Crippen LogP contribution in [0, 0.1) is 6.92 Å². The Morgan fingerprint density at radius 1 is 1.12 bits per heavy atom. The van der Waals surface area contributed by atoms with Gasteiger partial charge < -0.3 is 10.6 Å². The van der Waals surface area contributed by atoms with E-state index in [0.29, 0.717) is 30.9 Å². The number of pyridine rings is 1. The Hall–Kier alpha value is -2.57. The predicted octanol–water partition coefficient (Wildman–Crippen LogP) is 3.64. The lowest BCUT2D eigenvalue weighted by Gasteiger charge is -2.10. The molecule has 1 aromatic carbocycles. The molecule has 0 radical (unpaired) electrons. The van der Waals surface area contributed by atoms with E-state index in [1.807, 2.05) is 19.1 Å². The van der Waals surface area contributed by atoms with Crippen molar-refractivity contribution < 1.29 is 18.0 Å². The molecule has 0 bridgehead atoms. The number of rotatable bonds is 6. The van der Waals surface area contributed by atoms with E-state index in [1.165, 1.54) is 6.07 Å². The molecule has 7 heteroatoms. The van der Waals surface area contributed by atoms with Crippen molar-refractivity contribution in [3.05, 3.63) is 59.3 Å². The molecule has 128 valence electrons. The Morgan fingerprint density at radius 3 is 2.50 bits per heavy atom. The second kappa shape index (κ2) is 7.81. The van der Waals surface area contributed by atoms with Crippen LogP contribution in [0.4, 0.5) is 19.0 Å². The number of hydrogen-bond acceptors (Lipinski definition) is 3. The van der Waals surface area contributed by atoms with E-state index in [-0.39, 0.29) is 5.91 Å². The summed E-state index contributed by atoms with van der Waals surface area (Å²) >= 11 is 0. The maximum Gasteiger partial charge on any atom is 0.417 e. The lowest BCUT2D eigenvalue weighted by Crippen LogP contribution is -2.26. The van der Waals surface area contributed by atoms with Gasteiger partial charge in [-0.2, -0.15) is 13.2 Å². The Balaban J connectivity index is 1.72. The van der Waals surface area contributed by atoms with Crippen molar-refractivity contribution in [1.82, 2.24) is 10.3 Å². The lowest BCUT2D eigenvalue weighted by atomic mass is 10.1. The summed E-state index contributed by atoms with van der Waals surface area (Å²) in [7, 11) is 0. The summed E-state index contributed by atoms with van der Waals surface area (Å²) in [6.45, 7) is 2.82. The van der Waals surface area contributed by atoms with Crippen LogP contribution in [0.1, 0.15) is 27.9 Å². The fraction of sp³-hybridized carbons (Fsp3) is 0.294. The summed E-state index contributed by atoms with van der Waals surface area (Å²) in [4.78, 5) is 15.7. The number of aryl methyl sites for hydroxylation is 1. The molecule has 2 N–H and O–H groups in total. The van der Waals surface area contributed by atoms with Gasteiger partial charge in [0.1, 0.15) is 5.82 Å². The number of amides is 1. The number of carbonyl (C=O) groups is 1. The highest BCUT2D eigenvalue weighted by Gasteiger charge is 2.30. The molecular formula is C17H18F3N3O. The van der Waals surface area contributed by atoms with Crippen LogP contribution in [0.15, 0.2) is 42.6 Å². The van der Waals surface area contributed by atoms with Crippen LogP contribution >= 0.6 is 0 Å².